The quantitative estimate of drug-likeness (QED) is 0.482. The topological polar surface area (TPSA) is 41.8 Å². The summed E-state index contributed by atoms with van der Waals surface area (Å²) >= 11 is 0. The lowest BCUT2D eigenvalue weighted by molar-refractivity contribution is 0.0679. The van der Waals surface area contributed by atoms with Crippen molar-refractivity contribution >= 4 is 17.5 Å². The number of benzene rings is 1. The fourth-order valence-corrected chi connectivity index (χ4v) is 2.78. The Bertz CT molecular complexity index is 569. The van der Waals surface area contributed by atoms with E-state index in [1.54, 1.807) is 0 Å². The molecular weight excluding hydrogens is 276 g/mol. The molecule has 2 aliphatic rings. The van der Waals surface area contributed by atoms with E-state index in [2.05, 4.69) is 53.4 Å². The number of nitrogens with one attached hydrogen (secondary N) is 1. The molecule has 0 spiro atoms. The predicted molar refractivity (Wildman–Crippen MR) is 91.2 cm³/mol. The summed E-state index contributed by atoms with van der Waals surface area (Å²) in [6.07, 6.45) is 2.25. The number of likely N-dealkylation sites (tertiary alicyclic amines) is 1. The molecule has 3 rings (SSSR count). The maximum atomic E-state index is 5.47. The molecule has 2 heterocycles. The largest absolute Gasteiger partial charge is 0.402 e. The maximum Gasteiger partial charge on any atom is 0.402 e. The number of amidine groups is 1. The molecule has 0 atom stereocenters. The van der Waals surface area contributed by atoms with Gasteiger partial charge in [0.05, 0.1) is 38.5 Å². The summed E-state index contributed by atoms with van der Waals surface area (Å²) in [6.45, 7) is 6.49. The molecule has 118 valence electrons. The number of rotatable bonds is 1. The zero-order chi connectivity index (χ0) is 15.4. The van der Waals surface area contributed by atoms with Crippen LogP contribution in [-0.4, -0.2) is 61.5 Å². The van der Waals surface area contributed by atoms with Crippen molar-refractivity contribution in [3.8, 4) is 0 Å². The zero-order valence-corrected chi connectivity index (χ0v) is 13.5. The minimum Gasteiger partial charge on any atom is -0.376 e. The first-order chi connectivity index (χ1) is 10.7. The summed E-state index contributed by atoms with van der Waals surface area (Å²) in [5, 5.41) is 3.50. The summed E-state index contributed by atoms with van der Waals surface area (Å²) in [6, 6.07) is 8.45. The molecule has 1 aromatic rings. The lowest BCUT2D eigenvalue weighted by Gasteiger charge is -2.23. The van der Waals surface area contributed by atoms with E-state index < -0.39 is 0 Å². The van der Waals surface area contributed by atoms with Crippen molar-refractivity contribution in [1.29, 1.82) is 0 Å². The van der Waals surface area contributed by atoms with Gasteiger partial charge in [-0.05, 0) is 25.5 Å². The van der Waals surface area contributed by atoms with E-state index in [1.165, 1.54) is 17.8 Å². The van der Waals surface area contributed by atoms with Gasteiger partial charge in [-0.3, -0.25) is 10.2 Å². The molecule has 1 aromatic carbocycles. The third-order valence-electron chi connectivity index (χ3n) is 4.19. The first-order valence-corrected chi connectivity index (χ1v) is 8.04. The molecule has 5 heteroatoms. The van der Waals surface area contributed by atoms with E-state index in [0.29, 0.717) is 0 Å². The number of anilines is 1. The Morgan fingerprint density at radius 3 is 2.50 bits per heavy atom. The molecule has 0 bridgehead atoms. The van der Waals surface area contributed by atoms with Crippen molar-refractivity contribution in [2.75, 3.05) is 45.2 Å². The van der Waals surface area contributed by atoms with Crippen LogP contribution >= 0.6 is 0 Å². The van der Waals surface area contributed by atoms with E-state index in [4.69, 9.17) is 9.40 Å². The van der Waals surface area contributed by atoms with Crippen LogP contribution < -0.4 is 9.98 Å². The highest BCUT2D eigenvalue weighted by Gasteiger charge is 2.25. The molecule has 0 saturated carbocycles. The van der Waals surface area contributed by atoms with Gasteiger partial charge >= 0.3 is 5.96 Å². The van der Waals surface area contributed by atoms with Crippen LogP contribution in [0.4, 0.5) is 5.69 Å². The molecule has 2 fully saturated rings. The SMILES string of the molecule is Cc1ccc(NC(=[N+]=C2CCCN2C)N2CCOCC2)cc1. The number of guanidine groups is 1. The van der Waals surface area contributed by atoms with Gasteiger partial charge in [0.2, 0.25) is 0 Å². The molecular formula is C17H25N4O+. The molecule has 0 radical (unpaired) electrons. The monoisotopic (exact) mass is 301 g/mol. The molecule has 1 N–H and O–H groups in total. The summed E-state index contributed by atoms with van der Waals surface area (Å²) in [5.74, 6) is 2.11. The zero-order valence-electron chi connectivity index (χ0n) is 13.5. The van der Waals surface area contributed by atoms with Gasteiger partial charge in [0, 0.05) is 13.5 Å². The summed E-state index contributed by atoms with van der Waals surface area (Å²) in [4.78, 5) is 4.53. The van der Waals surface area contributed by atoms with Crippen molar-refractivity contribution in [3.63, 3.8) is 0 Å². The Morgan fingerprint density at radius 1 is 1.14 bits per heavy atom. The van der Waals surface area contributed by atoms with Gasteiger partial charge in [0.25, 0.3) is 5.84 Å². The predicted octanol–water partition coefficient (Wildman–Crippen LogP) is 1.29. The molecule has 0 aromatic heterocycles. The Balaban J connectivity index is 1.88. The van der Waals surface area contributed by atoms with Gasteiger partial charge in [-0.1, -0.05) is 17.7 Å². The van der Waals surface area contributed by atoms with Gasteiger partial charge in [0.15, 0.2) is 0 Å². The Morgan fingerprint density at radius 2 is 1.86 bits per heavy atom. The van der Waals surface area contributed by atoms with E-state index in [-0.39, 0.29) is 0 Å². The van der Waals surface area contributed by atoms with Crippen LogP contribution in [0.5, 0.6) is 0 Å². The number of nitrogens with zero attached hydrogens (tertiary/aromatic N) is 3. The van der Waals surface area contributed by atoms with Gasteiger partial charge in [-0.15, -0.1) is 0 Å². The first kappa shape index (κ1) is 14.9. The average molecular weight is 301 g/mol. The average Bonchev–Trinajstić information content (AvgIpc) is 2.95. The van der Waals surface area contributed by atoms with Crippen LogP contribution in [0.3, 0.4) is 0 Å². The lowest BCUT2D eigenvalue weighted by atomic mass is 10.2. The minimum atomic E-state index is 0.764. The highest BCUT2D eigenvalue weighted by atomic mass is 16.5. The van der Waals surface area contributed by atoms with Gasteiger partial charge in [0.1, 0.15) is 0 Å². The van der Waals surface area contributed by atoms with E-state index in [1.807, 2.05) is 0 Å². The van der Waals surface area contributed by atoms with Crippen molar-refractivity contribution in [2.24, 2.45) is 0 Å². The molecule has 0 aliphatic carbocycles. The molecule has 0 unspecified atom stereocenters. The standard InChI is InChI=1S/C17H24N4O/c1-14-5-7-15(8-6-14)18-17(21-10-12-22-13-11-21)19-16-4-3-9-20(16)2/h5-8H,3-4,9-13H2,1-2H3/p+1. The fraction of sp³-hybridized carbons (Fsp3) is 0.529. The molecule has 2 aliphatic heterocycles. The first-order valence-electron chi connectivity index (χ1n) is 8.04. The van der Waals surface area contributed by atoms with E-state index in [0.717, 1.165) is 50.9 Å². The van der Waals surface area contributed by atoms with Crippen LogP contribution in [0.25, 0.3) is 0 Å². The van der Waals surface area contributed by atoms with Gasteiger partial charge in [-0.2, -0.15) is 0 Å². The number of hydrogen-bond donors (Lipinski definition) is 1. The normalized spacial score (nSPS) is 18.4. The summed E-state index contributed by atoms with van der Waals surface area (Å²) in [7, 11) is 2.12. The van der Waals surface area contributed by atoms with Crippen molar-refractivity contribution in [3.05, 3.63) is 29.8 Å². The summed E-state index contributed by atoms with van der Waals surface area (Å²) < 4.78 is 10.4. The lowest BCUT2D eigenvalue weighted by Crippen LogP contribution is -2.46. The van der Waals surface area contributed by atoms with Gasteiger partial charge < -0.3 is 9.64 Å². The Kier molecular flexibility index (Phi) is 4.66. The van der Waals surface area contributed by atoms with E-state index in [9.17, 15) is 0 Å². The highest BCUT2D eigenvalue weighted by Crippen LogP contribution is 2.10. The van der Waals surface area contributed by atoms with Crippen LogP contribution in [0.1, 0.15) is 18.4 Å². The van der Waals surface area contributed by atoms with Crippen molar-refractivity contribution < 1.29 is 4.74 Å². The number of aryl methyl sites for hydroxylation is 1. The van der Waals surface area contributed by atoms with Crippen molar-refractivity contribution in [2.45, 2.75) is 19.8 Å². The second-order valence-corrected chi connectivity index (χ2v) is 5.97. The van der Waals surface area contributed by atoms with Crippen LogP contribution in [0.2, 0.25) is 0 Å². The van der Waals surface area contributed by atoms with Gasteiger partial charge in [-0.25, -0.2) is 4.67 Å². The highest BCUT2D eigenvalue weighted by molar-refractivity contribution is 5.97. The smallest absolute Gasteiger partial charge is 0.376 e. The number of ether oxygens (including phenoxy) is 1. The minimum absolute atomic E-state index is 0.764. The molecule has 5 nitrogen and oxygen atoms in total. The Labute approximate surface area is 132 Å². The third-order valence-corrected chi connectivity index (χ3v) is 4.19. The second kappa shape index (κ2) is 6.86. The molecule has 2 saturated heterocycles. The van der Waals surface area contributed by atoms with Crippen molar-refractivity contribution in [1.82, 2.24) is 14.5 Å². The van der Waals surface area contributed by atoms with E-state index >= 15 is 0 Å². The number of morpholine rings is 1. The van der Waals surface area contributed by atoms with Crippen LogP contribution in [0, 0.1) is 6.92 Å². The van der Waals surface area contributed by atoms with Crippen LogP contribution in [-0.2, 0) is 4.74 Å². The Hall–Kier alpha value is -1.97. The maximum absolute atomic E-state index is 5.47. The third kappa shape index (κ3) is 3.62. The second-order valence-electron chi connectivity index (χ2n) is 5.97. The van der Waals surface area contributed by atoms with Crippen LogP contribution in [0.15, 0.2) is 24.3 Å². The summed E-state index contributed by atoms with van der Waals surface area (Å²) in [5.41, 5.74) is 2.34. The molecule has 0 amide bonds. The fourth-order valence-electron chi connectivity index (χ4n) is 2.78. The molecule has 22 heavy (non-hydrogen) atoms. The number of hydrogen-bond acceptors (Lipinski definition) is 1.